The van der Waals surface area contributed by atoms with Gasteiger partial charge in [-0.15, -0.1) is 0 Å². The number of nitrogens with two attached hydrogens (primary N) is 1. The van der Waals surface area contributed by atoms with Gasteiger partial charge in [0.25, 0.3) is 0 Å². The highest BCUT2D eigenvalue weighted by atomic mass is 19.1. The van der Waals surface area contributed by atoms with Crippen molar-refractivity contribution in [1.82, 2.24) is 5.32 Å². The van der Waals surface area contributed by atoms with Crippen molar-refractivity contribution < 1.29 is 9.60 Å². The first-order valence-corrected chi connectivity index (χ1v) is 7.59. The molecule has 0 radical (unpaired) electrons. The zero-order valence-electron chi connectivity index (χ0n) is 12.5. The van der Waals surface area contributed by atoms with Crippen LogP contribution in [0.5, 0.6) is 0 Å². The van der Waals surface area contributed by atoms with Crippen molar-refractivity contribution in [3.05, 3.63) is 35.1 Å². The lowest BCUT2D eigenvalue weighted by molar-refractivity contribution is 0.247. The third-order valence-corrected chi connectivity index (χ3v) is 4.47. The number of halogens is 1. The summed E-state index contributed by atoms with van der Waals surface area (Å²) < 4.78 is 14.0. The lowest BCUT2D eigenvalue weighted by atomic mass is 9.80. The molecular formula is C16H24FN3O. The van der Waals surface area contributed by atoms with Crippen molar-refractivity contribution in [2.75, 3.05) is 6.54 Å². The molecule has 1 saturated carbocycles. The standard InChI is InChI=1S/C16H24FN3O/c1-11-4-2-3-5-13(11)9-19-10-14-7-6-12(8-15(14)17)16(18)20-21/h6-8,11,13,19,21H,2-5,9-10H2,1H3,(H2,18,20). The summed E-state index contributed by atoms with van der Waals surface area (Å²) in [5.41, 5.74) is 6.44. The van der Waals surface area contributed by atoms with E-state index in [1.807, 2.05) is 0 Å². The van der Waals surface area contributed by atoms with Gasteiger partial charge >= 0.3 is 0 Å². The molecule has 1 aliphatic rings. The molecule has 4 N–H and O–H groups in total. The van der Waals surface area contributed by atoms with Crippen LogP contribution in [0.4, 0.5) is 4.39 Å². The highest BCUT2D eigenvalue weighted by Crippen LogP contribution is 2.28. The maximum absolute atomic E-state index is 14.0. The van der Waals surface area contributed by atoms with Crippen LogP contribution in [0.1, 0.15) is 43.7 Å². The first-order chi connectivity index (χ1) is 10.1. The van der Waals surface area contributed by atoms with Crippen molar-refractivity contribution in [1.29, 1.82) is 0 Å². The molecule has 2 rings (SSSR count). The van der Waals surface area contributed by atoms with E-state index in [0.29, 0.717) is 23.6 Å². The van der Waals surface area contributed by atoms with Crippen LogP contribution in [0.2, 0.25) is 0 Å². The molecule has 1 aromatic carbocycles. The zero-order chi connectivity index (χ0) is 15.2. The lowest BCUT2D eigenvalue weighted by Gasteiger charge is -2.28. The summed E-state index contributed by atoms with van der Waals surface area (Å²) in [4.78, 5) is 0. The number of amidine groups is 1. The maximum Gasteiger partial charge on any atom is 0.170 e. The van der Waals surface area contributed by atoms with Gasteiger partial charge in [-0.2, -0.15) is 0 Å². The van der Waals surface area contributed by atoms with Crippen molar-refractivity contribution in [3.63, 3.8) is 0 Å². The largest absolute Gasteiger partial charge is 0.409 e. The molecule has 0 spiro atoms. The summed E-state index contributed by atoms with van der Waals surface area (Å²) >= 11 is 0. The molecule has 5 heteroatoms. The van der Waals surface area contributed by atoms with Crippen molar-refractivity contribution in [3.8, 4) is 0 Å². The van der Waals surface area contributed by atoms with Crippen LogP contribution in [0.15, 0.2) is 23.4 Å². The van der Waals surface area contributed by atoms with Crippen LogP contribution < -0.4 is 11.1 Å². The normalized spacial score (nSPS) is 23.2. The van der Waals surface area contributed by atoms with Crippen LogP contribution in [-0.4, -0.2) is 17.6 Å². The molecule has 2 atom stereocenters. The van der Waals surface area contributed by atoms with E-state index in [2.05, 4.69) is 17.4 Å². The monoisotopic (exact) mass is 293 g/mol. The minimum Gasteiger partial charge on any atom is -0.409 e. The lowest BCUT2D eigenvalue weighted by Crippen LogP contribution is -2.29. The van der Waals surface area contributed by atoms with Gasteiger partial charge in [-0.3, -0.25) is 0 Å². The molecule has 0 heterocycles. The molecule has 1 aromatic rings. The smallest absolute Gasteiger partial charge is 0.170 e. The fourth-order valence-corrected chi connectivity index (χ4v) is 3.00. The Morgan fingerprint density at radius 3 is 2.86 bits per heavy atom. The van der Waals surface area contributed by atoms with Gasteiger partial charge in [-0.05, 0) is 30.9 Å². The second-order valence-corrected chi connectivity index (χ2v) is 5.94. The Kier molecular flexibility index (Phi) is 5.56. The van der Waals surface area contributed by atoms with Crippen molar-refractivity contribution >= 4 is 5.84 Å². The highest BCUT2D eigenvalue weighted by Gasteiger charge is 2.20. The van der Waals surface area contributed by atoms with Gasteiger partial charge in [0.05, 0.1) is 0 Å². The highest BCUT2D eigenvalue weighted by molar-refractivity contribution is 5.97. The number of hydrogen-bond donors (Lipinski definition) is 3. The van der Waals surface area contributed by atoms with Crippen LogP contribution in [0.3, 0.4) is 0 Å². The van der Waals surface area contributed by atoms with Gasteiger partial charge in [-0.25, -0.2) is 4.39 Å². The van der Waals surface area contributed by atoms with Gasteiger partial charge < -0.3 is 16.3 Å². The van der Waals surface area contributed by atoms with E-state index >= 15 is 0 Å². The third-order valence-electron chi connectivity index (χ3n) is 4.47. The second-order valence-electron chi connectivity index (χ2n) is 5.94. The van der Waals surface area contributed by atoms with E-state index in [1.165, 1.54) is 31.7 Å². The predicted molar refractivity (Wildman–Crippen MR) is 81.7 cm³/mol. The fraction of sp³-hybridized carbons (Fsp3) is 0.562. The molecule has 4 nitrogen and oxygen atoms in total. The van der Waals surface area contributed by atoms with E-state index in [-0.39, 0.29) is 11.7 Å². The van der Waals surface area contributed by atoms with Crippen LogP contribution >= 0.6 is 0 Å². The molecule has 1 fully saturated rings. The molecule has 2 unspecified atom stereocenters. The quantitative estimate of drug-likeness (QED) is 0.338. The first kappa shape index (κ1) is 15.8. The topological polar surface area (TPSA) is 70.6 Å². The van der Waals surface area contributed by atoms with Gasteiger partial charge in [0.1, 0.15) is 5.82 Å². The van der Waals surface area contributed by atoms with Gasteiger partial charge in [0, 0.05) is 17.7 Å². The number of rotatable bonds is 5. The third kappa shape index (κ3) is 4.17. The van der Waals surface area contributed by atoms with Crippen LogP contribution in [-0.2, 0) is 6.54 Å². The number of benzene rings is 1. The minimum absolute atomic E-state index is 0.0792. The van der Waals surface area contributed by atoms with E-state index in [9.17, 15) is 4.39 Å². The Balaban J connectivity index is 1.88. The van der Waals surface area contributed by atoms with Gasteiger partial charge in [0.2, 0.25) is 0 Å². The molecule has 116 valence electrons. The van der Waals surface area contributed by atoms with Gasteiger partial charge in [0.15, 0.2) is 5.84 Å². The van der Waals surface area contributed by atoms with Crippen molar-refractivity contribution in [2.24, 2.45) is 22.7 Å². The van der Waals surface area contributed by atoms with E-state index in [4.69, 9.17) is 10.9 Å². The summed E-state index contributed by atoms with van der Waals surface area (Å²) in [5, 5.41) is 14.8. The molecule has 0 saturated heterocycles. The molecule has 0 aliphatic heterocycles. The second kappa shape index (κ2) is 7.41. The minimum atomic E-state index is -0.330. The Bertz CT molecular complexity index is 504. The number of hydrogen-bond acceptors (Lipinski definition) is 3. The molecule has 1 aliphatic carbocycles. The maximum atomic E-state index is 14.0. The fourth-order valence-electron chi connectivity index (χ4n) is 3.00. The molecular weight excluding hydrogens is 269 g/mol. The summed E-state index contributed by atoms with van der Waals surface area (Å²) in [7, 11) is 0. The van der Waals surface area contributed by atoms with E-state index < -0.39 is 0 Å². The van der Waals surface area contributed by atoms with E-state index in [0.717, 1.165) is 12.5 Å². The number of nitrogens with zero attached hydrogens (tertiary/aromatic N) is 1. The summed E-state index contributed by atoms with van der Waals surface area (Å²) in [6, 6.07) is 4.65. The number of oxime groups is 1. The summed E-state index contributed by atoms with van der Waals surface area (Å²) in [5.74, 6) is 1.03. The zero-order valence-corrected chi connectivity index (χ0v) is 12.5. The van der Waals surface area contributed by atoms with Gasteiger partial charge in [-0.1, -0.05) is 43.5 Å². The van der Waals surface area contributed by atoms with Crippen molar-refractivity contribution in [2.45, 2.75) is 39.2 Å². The van der Waals surface area contributed by atoms with E-state index in [1.54, 1.807) is 12.1 Å². The summed E-state index contributed by atoms with van der Waals surface area (Å²) in [6.45, 7) is 3.74. The molecule has 0 bridgehead atoms. The Morgan fingerprint density at radius 1 is 1.43 bits per heavy atom. The summed E-state index contributed by atoms with van der Waals surface area (Å²) in [6.07, 6.45) is 5.20. The Morgan fingerprint density at radius 2 is 2.19 bits per heavy atom. The predicted octanol–water partition coefficient (Wildman–Crippen LogP) is 2.84. The Hall–Kier alpha value is -1.62. The molecule has 21 heavy (non-hydrogen) atoms. The number of nitrogens with one attached hydrogen (secondary N) is 1. The molecule has 0 amide bonds. The average Bonchev–Trinajstić information content (AvgIpc) is 2.50. The average molecular weight is 293 g/mol. The first-order valence-electron chi connectivity index (χ1n) is 7.59. The SMILES string of the molecule is CC1CCCCC1CNCc1ccc(C(N)=NO)cc1F. The van der Waals surface area contributed by atoms with Crippen LogP contribution in [0, 0.1) is 17.7 Å². The Labute approximate surface area is 125 Å². The van der Waals surface area contributed by atoms with Crippen LogP contribution in [0.25, 0.3) is 0 Å². The molecule has 0 aromatic heterocycles.